The maximum Gasteiger partial charge on any atom is 0.221 e. The third kappa shape index (κ3) is 2.70. The zero-order valence-corrected chi connectivity index (χ0v) is 13.8. The van der Waals surface area contributed by atoms with E-state index in [0.29, 0.717) is 27.9 Å². The van der Waals surface area contributed by atoms with Gasteiger partial charge in [0.15, 0.2) is 0 Å². The number of nitrogens with zero attached hydrogens (tertiary/aromatic N) is 3. The highest BCUT2D eigenvalue weighted by molar-refractivity contribution is 7.13. The highest BCUT2D eigenvalue weighted by Crippen LogP contribution is 2.32. The van der Waals surface area contributed by atoms with Crippen molar-refractivity contribution in [1.29, 1.82) is 0 Å². The van der Waals surface area contributed by atoms with Crippen molar-refractivity contribution >= 4 is 39.8 Å². The fourth-order valence-corrected chi connectivity index (χ4v) is 3.39. The number of halogens is 2. The van der Waals surface area contributed by atoms with Gasteiger partial charge in [0.1, 0.15) is 11.0 Å². The minimum atomic E-state index is -0.334. The average Bonchev–Trinajstić information content (AvgIpc) is 3.08. The summed E-state index contributed by atoms with van der Waals surface area (Å²) in [6, 6.07) is 11.8. The summed E-state index contributed by atoms with van der Waals surface area (Å²) in [4.78, 5) is 13.8. The summed E-state index contributed by atoms with van der Waals surface area (Å²) in [6.45, 7) is 0. The predicted octanol–water partition coefficient (Wildman–Crippen LogP) is 4.80. The summed E-state index contributed by atoms with van der Waals surface area (Å²) in [6.07, 6.45) is 0. The molecule has 0 unspecified atom stereocenters. The van der Waals surface area contributed by atoms with E-state index in [-0.39, 0.29) is 16.9 Å². The number of anilines is 1. The largest absolute Gasteiger partial charge is 0.368 e. The van der Waals surface area contributed by atoms with Crippen LogP contribution in [0.5, 0.6) is 0 Å². The lowest BCUT2D eigenvalue weighted by molar-refractivity contribution is 0.629. The first kappa shape index (κ1) is 15.0. The van der Waals surface area contributed by atoms with Crippen LogP contribution in [0.3, 0.4) is 0 Å². The monoisotopic (exact) mass is 356 g/mol. The third-order valence-electron chi connectivity index (χ3n) is 3.52. The van der Waals surface area contributed by atoms with Crippen molar-refractivity contribution in [3.05, 3.63) is 58.8 Å². The van der Waals surface area contributed by atoms with E-state index >= 15 is 0 Å². The van der Waals surface area contributed by atoms with Gasteiger partial charge in [0.25, 0.3) is 0 Å². The van der Waals surface area contributed by atoms with Gasteiger partial charge >= 0.3 is 0 Å². The van der Waals surface area contributed by atoms with Gasteiger partial charge in [-0.25, -0.2) is 19.3 Å². The fraction of sp³-hybridized carbons (Fsp3) is 0. The molecule has 2 N–H and O–H groups in total. The first-order valence-corrected chi connectivity index (χ1v) is 8.30. The van der Waals surface area contributed by atoms with Gasteiger partial charge in [-0.15, -0.1) is 11.3 Å². The molecule has 118 valence electrons. The molecule has 0 fully saturated rings. The number of hydrogen-bond acceptors (Lipinski definition) is 5. The molecule has 4 rings (SSSR count). The van der Waals surface area contributed by atoms with E-state index in [1.54, 1.807) is 29.5 Å². The first-order chi connectivity index (χ1) is 11.6. The molecule has 0 spiro atoms. The minimum absolute atomic E-state index is 0.145. The Morgan fingerprint density at radius 3 is 2.62 bits per heavy atom. The number of nitrogens with two attached hydrogens (primary N) is 1. The Morgan fingerprint density at radius 2 is 1.83 bits per heavy atom. The van der Waals surface area contributed by atoms with E-state index in [9.17, 15) is 4.39 Å². The standard InChI is InChI=1S/C17H10ClFN4S/c18-16-11(7-9-6-10(19)3-4-12(9)21-16)13-8-14(23-17(20)22-13)15-2-1-5-24-15/h1-8H,(H2,20,22,23). The van der Waals surface area contributed by atoms with E-state index in [1.807, 2.05) is 17.5 Å². The number of aromatic nitrogens is 3. The summed E-state index contributed by atoms with van der Waals surface area (Å²) in [7, 11) is 0. The number of pyridine rings is 1. The van der Waals surface area contributed by atoms with Gasteiger partial charge in [0, 0.05) is 10.9 Å². The molecule has 0 bridgehead atoms. The van der Waals surface area contributed by atoms with Crippen molar-refractivity contribution in [3.63, 3.8) is 0 Å². The topological polar surface area (TPSA) is 64.7 Å². The number of fused-ring (bicyclic) bond motifs is 1. The van der Waals surface area contributed by atoms with Gasteiger partial charge in [-0.2, -0.15) is 0 Å². The lowest BCUT2D eigenvalue weighted by Gasteiger charge is -2.08. The molecule has 4 nitrogen and oxygen atoms in total. The Hall–Kier alpha value is -2.57. The number of hydrogen-bond donors (Lipinski definition) is 1. The van der Waals surface area contributed by atoms with Crippen LogP contribution < -0.4 is 5.73 Å². The van der Waals surface area contributed by atoms with E-state index < -0.39 is 0 Å². The van der Waals surface area contributed by atoms with E-state index in [0.717, 1.165) is 4.88 Å². The van der Waals surface area contributed by atoms with Crippen LogP contribution in [0.4, 0.5) is 10.3 Å². The van der Waals surface area contributed by atoms with Gasteiger partial charge in [0.2, 0.25) is 5.95 Å². The van der Waals surface area contributed by atoms with Crippen LogP contribution in [-0.4, -0.2) is 15.0 Å². The summed E-state index contributed by atoms with van der Waals surface area (Å²) in [5.74, 6) is -0.189. The van der Waals surface area contributed by atoms with Gasteiger partial charge in [0.05, 0.1) is 21.8 Å². The second-order valence-corrected chi connectivity index (χ2v) is 6.44. The van der Waals surface area contributed by atoms with Crippen molar-refractivity contribution in [2.45, 2.75) is 0 Å². The van der Waals surface area contributed by atoms with Gasteiger partial charge in [-0.3, -0.25) is 0 Å². The SMILES string of the molecule is Nc1nc(-c2cccs2)cc(-c2cc3cc(F)ccc3nc2Cl)n1. The maximum atomic E-state index is 13.5. The smallest absolute Gasteiger partial charge is 0.221 e. The minimum Gasteiger partial charge on any atom is -0.368 e. The van der Waals surface area contributed by atoms with Crippen LogP contribution >= 0.6 is 22.9 Å². The fourth-order valence-electron chi connectivity index (χ4n) is 2.46. The molecule has 0 saturated heterocycles. The Morgan fingerprint density at radius 1 is 1.00 bits per heavy atom. The third-order valence-corrected chi connectivity index (χ3v) is 4.70. The lowest BCUT2D eigenvalue weighted by atomic mass is 10.1. The number of nitrogen functional groups attached to an aromatic ring is 1. The first-order valence-electron chi connectivity index (χ1n) is 7.05. The number of rotatable bonds is 2. The second-order valence-electron chi connectivity index (χ2n) is 5.14. The highest BCUT2D eigenvalue weighted by Gasteiger charge is 2.13. The van der Waals surface area contributed by atoms with Crippen molar-refractivity contribution in [2.75, 3.05) is 5.73 Å². The van der Waals surface area contributed by atoms with Crippen LogP contribution in [0.1, 0.15) is 0 Å². The molecule has 3 heterocycles. The molecular formula is C17H10ClFN4S. The zero-order chi connectivity index (χ0) is 16.7. The van der Waals surface area contributed by atoms with Crippen molar-refractivity contribution in [1.82, 2.24) is 15.0 Å². The molecule has 0 radical (unpaired) electrons. The molecule has 0 aliphatic rings. The second kappa shape index (κ2) is 5.81. The quantitative estimate of drug-likeness (QED) is 0.524. The van der Waals surface area contributed by atoms with Crippen LogP contribution in [0, 0.1) is 5.82 Å². The molecule has 24 heavy (non-hydrogen) atoms. The summed E-state index contributed by atoms with van der Waals surface area (Å²) in [5.41, 5.74) is 8.31. The lowest BCUT2D eigenvalue weighted by Crippen LogP contribution is -1.99. The molecule has 0 saturated carbocycles. The number of thiophene rings is 1. The van der Waals surface area contributed by atoms with E-state index in [2.05, 4.69) is 15.0 Å². The van der Waals surface area contributed by atoms with Gasteiger partial charge in [-0.1, -0.05) is 17.7 Å². The Bertz CT molecular complexity index is 1050. The van der Waals surface area contributed by atoms with Crippen molar-refractivity contribution < 1.29 is 4.39 Å². The van der Waals surface area contributed by atoms with Gasteiger partial charge < -0.3 is 5.73 Å². The molecule has 4 aromatic rings. The summed E-state index contributed by atoms with van der Waals surface area (Å²) >= 11 is 7.86. The molecule has 0 aliphatic heterocycles. The zero-order valence-electron chi connectivity index (χ0n) is 12.2. The van der Waals surface area contributed by atoms with Crippen LogP contribution in [0.2, 0.25) is 5.15 Å². The number of benzene rings is 1. The van der Waals surface area contributed by atoms with Crippen LogP contribution in [0.15, 0.2) is 47.8 Å². The molecule has 0 atom stereocenters. The van der Waals surface area contributed by atoms with Crippen molar-refractivity contribution in [3.8, 4) is 21.8 Å². The highest BCUT2D eigenvalue weighted by atomic mass is 35.5. The molecule has 7 heteroatoms. The molecular weight excluding hydrogens is 347 g/mol. The van der Waals surface area contributed by atoms with Gasteiger partial charge in [-0.05, 0) is 41.8 Å². The summed E-state index contributed by atoms with van der Waals surface area (Å²) in [5, 5.41) is 2.88. The maximum absolute atomic E-state index is 13.5. The van der Waals surface area contributed by atoms with Crippen molar-refractivity contribution in [2.24, 2.45) is 0 Å². The molecule has 3 aromatic heterocycles. The molecule has 0 amide bonds. The Kier molecular flexibility index (Phi) is 3.63. The van der Waals surface area contributed by atoms with E-state index in [4.69, 9.17) is 17.3 Å². The Labute approximate surface area is 145 Å². The summed E-state index contributed by atoms with van der Waals surface area (Å²) < 4.78 is 13.5. The van der Waals surface area contributed by atoms with Crippen LogP contribution in [-0.2, 0) is 0 Å². The Balaban J connectivity index is 1.92. The normalized spacial score (nSPS) is 11.1. The predicted molar refractivity (Wildman–Crippen MR) is 95.5 cm³/mol. The average molecular weight is 357 g/mol. The van der Waals surface area contributed by atoms with Crippen LogP contribution in [0.25, 0.3) is 32.7 Å². The van der Waals surface area contributed by atoms with E-state index in [1.165, 1.54) is 12.1 Å². The molecule has 1 aromatic carbocycles. The molecule has 0 aliphatic carbocycles.